The molecule has 3 aromatic rings. The largest absolute Gasteiger partial charge is 0.497 e. The molecule has 3 N–H and O–H groups in total. The summed E-state index contributed by atoms with van der Waals surface area (Å²) < 4.78 is 41.1. The summed E-state index contributed by atoms with van der Waals surface area (Å²) in [4.78, 5) is 24.1. The summed E-state index contributed by atoms with van der Waals surface area (Å²) in [6.45, 7) is 6.25. The number of nitrogens with zero attached hydrogens (tertiary/aromatic N) is 3. The number of ether oxygens (including phenoxy) is 2. The fourth-order valence-corrected chi connectivity index (χ4v) is 6.79. The van der Waals surface area contributed by atoms with Crippen LogP contribution in [0.2, 0.25) is 0 Å². The number of para-hydroxylation sites is 1. The van der Waals surface area contributed by atoms with Gasteiger partial charge in [-0.2, -0.15) is 4.31 Å². The minimum Gasteiger partial charge on any atom is -0.497 e. The maximum Gasteiger partial charge on any atom is 0.243 e. The zero-order valence-electron chi connectivity index (χ0n) is 23.8. The molecule has 12 nitrogen and oxygen atoms in total. The number of hydrogen-bond donors (Lipinski definition) is 3. The van der Waals surface area contributed by atoms with Gasteiger partial charge in [0.15, 0.2) is 0 Å². The molecule has 2 aliphatic rings. The third kappa shape index (κ3) is 7.66. The topological polar surface area (TPSA) is 142 Å². The van der Waals surface area contributed by atoms with Gasteiger partial charge < -0.3 is 19.4 Å². The number of hydrogen-bond acceptors (Lipinski definition) is 8. The Morgan fingerprint density at radius 2 is 1.79 bits per heavy atom. The molecule has 2 amide bonds. The van der Waals surface area contributed by atoms with Crippen molar-refractivity contribution in [2.24, 2.45) is 0 Å². The van der Waals surface area contributed by atoms with Crippen LogP contribution in [0.5, 0.6) is 5.75 Å². The lowest BCUT2D eigenvalue weighted by Crippen LogP contribution is -2.38. The molecule has 0 atom stereocenters. The van der Waals surface area contributed by atoms with Gasteiger partial charge in [0.1, 0.15) is 5.75 Å². The van der Waals surface area contributed by atoms with E-state index in [1.54, 1.807) is 31.4 Å². The predicted octanol–water partition coefficient (Wildman–Crippen LogP) is 1.75. The van der Waals surface area contributed by atoms with Crippen molar-refractivity contribution in [1.82, 2.24) is 24.6 Å². The Morgan fingerprint density at radius 3 is 2.48 bits per heavy atom. The van der Waals surface area contributed by atoms with Crippen LogP contribution in [0.15, 0.2) is 53.4 Å². The van der Waals surface area contributed by atoms with E-state index in [9.17, 15) is 13.2 Å². The number of rotatable bonds is 11. The molecule has 13 heteroatoms. The van der Waals surface area contributed by atoms with Crippen molar-refractivity contribution >= 4 is 33.2 Å². The highest BCUT2D eigenvalue weighted by atomic mass is 32.2. The molecule has 5 rings (SSSR count). The number of benzene rings is 2. The first kappa shape index (κ1) is 31.4. The number of amides is 2. The van der Waals surface area contributed by atoms with Gasteiger partial charge in [-0.3, -0.25) is 19.7 Å². The highest BCUT2D eigenvalue weighted by Crippen LogP contribution is 2.33. The van der Waals surface area contributed by atoms with Gasteiger partial charge in [0.25, 0.3) is 0 Å². The Balaban J connectivity index is 0.000000952. The zero-order valence-corrected chi connectivity index (χ0v) is 24.6. The minimum atomic E-state index is -3.67. The molecule has 3 heterocycles. The first-order valence-electron chi connectivity index (χ1n) is 14.0. The molecule has 0 bridgehead atoms. The Bertz CT molecular complexity index is 1440. The van der Waals surface area contributed by atoms with Crippen LogP contribution < -0.4 is 15.5 Å². The van der Waals surface area contributed by atoms with E-state index in [4.69, 9.17) is 19.5 Å². The van der Waals surface area contributed by atoms with Gasteiger partial charge in [-0.05, 0) is 55.3 Å². The highest BCUT2D eigenvalue weighted by molar-refractivity contribution is 7.89. The normalized spacial score (nSPS) is 15.8. The van der Waals surface area contributed by atoms with E-state index in [1.807, 2.05) is 12.1 Å². The molecule has 0 spiro atoms. The molecule has 1 fully saturated rings. The molecule has 42 heavy (non-hydrogen) atoms. The Morgan fingerprint density at radius 1 is 1.07 bits per heavy atom. The maximum absolute atomic E-state index is 13.5. The second-order valence-corrected chi connectivity index (χ2v) is 12.0. The second kappa shape index (κ2) is 15.1. The molecule has 228 valence electrons. The highest BCUT2D eigenvalue weighted by Gasteiger charge is 2.32. The number of nitrogens with one attached hydrogen (secondary N) is 2. The first-order valence-corrected chi connectivity index (χ1v) is 15.5. The van der Waals surface area contributed by atoms with E-state index < -0.39 is 10.0 Å². The fourth-order valence-electron chi connectivity index (χ4n) is 5.38. The van der Waals surface area contributed by atoms with Crippen molar-refractivity contribution in [1.29, 1.82) is 0 Å². The number of fused-ring (bicyclic) bond motifs is 3. The lowest BCUT2D eigenvalue weighted by molar-refractivity contribution is -0.121. The number of methoxy groups -OCH3 is 1. The van der Waals surface area contributed by atoms with Crippen molar-refractivity contribution in [3.05, 3.63) is 59.8 Å². The SMILES string of the molecule is COc1ccc(S(=O)(=O)N2CCc3c(n(CCC(=O)NCCCN4CCOCC4)c4ccccc34)C2)cc1.O=CNO. The van der Waals surface area contributed by atoms with Gasteiger partial charge in [0.05, 0.1) is 31.8 Å². The van der Waals surface area contributed by atoms with Crippen LogP contribution in [0.3, 0.4) is 0 Å². The van der Waals surface area contributed by atoms with Crippen LogP contribution in [0.1, 0.15) is 24.1 Å². The van der Waals surface area contributed by atoms with Crippen molar-refractivity contribution in [2.75, 3.05) is 53.0 Å². The quantitative estimate of drug-likeness (QED) is 0.131. The Hall–Kier alpha value is -3.49. The van der Waals surface area contributed by atoms with Gasteiger partial charge in [-0.15, -0.1) is 0 Å². The summed E-state index contributed by atoms with van der Waals surface area (Å²) in [5, 5.41) is 11.4. The van der Waals surface area contributed by atoms with E-state index in [1.165, 1.54) is 15.3 Å². The van der Waals surface area contributed by atoms with Gasteiger partial charge >= 0.3 is 0 Å². The third-order valence-electron chi connectivity index (χ3n) is 7.52. The van der Waals surface area contributed by atoms with Crippen molar-refractivity contribution in [2.45, 2.75) is 37.2 Å². The fraction of sp³-hybridized carbons (Fsp3) is 0.448. The molecule has 0 aliphatic carbocycles. The first-order chi connectivity index (χ1) is 20.4. The summed E-state index contributed by atoms with van der Waals surface area (Å²) in [6.07, 6.45) is 2.06. The lowest BCUT2D eigenvalue weighted by Gasteiger charge is -2.28. The average molecular weight is 602 g/mol. The number of hydroxylamine groups is 1. The van der Waals surface area contributed by atoms with Gasteiger partial charge in [0, 0.05) is 55.7 Å². The number of aryl methyl sites for hydroxylation is 1. The number of carbonyl (C=O) groups is 2. The number of morpholine rings is 1. The second-order valence-electron chi connectivity index (χ2n) is 10.0. The molecule has 1 saturated heterocycles. The molecular weight excluding hydrogens is 562 g/mol. The minimum absolute atomic E-state index is 0.0111. The molecule has 2 aliphatic heterocycles. The van der Waals surface area contributed by atoms with Crippen molar-refractivity contribution < 1.29 is 32.7 Å². The van der Waals surface area contributed by atoms with E-state index in [0.29, 0.717) is 38.2 Å². The van der Waals surface area contributed by atoms with Crippen LogP contribution in [-0.2, 0) is 43.9 Å². The molecular formula is C29H39N5O7S. The Labute approximate surface area is 246 Å². The zero-order chi connectivity index (χ0) is 30.0. The third-order valence-corrected chi connectivity index (χ3v) is 9.38. The van der Waals surface area contributed by atoms with Crippen molar-refractivity contribution in [3.8, 4) is 5.75 Å². The Kier molecular flexibility index (Phi) is 11.3. The number of carbonyl (C=O) groups excluding carboxylic acids is 2. The van der Waals surface area contributed by atoms with E-state index in [0.717, 1.165) is 55.9 Å². The van der Waals surface area contributed by atoms with E-state index in [2.05, 4.69) is 26.9 Å². The number of sulfonamides is 1. The van der Waals surface area contributed by atoms with Crippen LogP contribution >= 0.6 is 0 Å². The van der Waals surface area contributed by atoms with Crippen LogP contribution in [0, 0.1) is 0 Å². The van der Waals surface area contributed by atoms with E-state index in [-0.39, 0.29) is 23.8 Å². The summed E-state index contributed by atoms with van der Waals surface area (Å²) in [5.41, 5.74) is 4.43. The molecule has 0 saturated carbocycles. The number of aromatic nitrogens is 1. The molecule has 2 aromatic carbocycles. The van der Waals surface area contributed by atoms with E-state index >= 15 is 0 Å². The lowest BCUT2D eigenvalue weighted by atomic mass is 10.0. The van der Waals surface area contributed by atoms with Gasteiger partial charge in [-0.25, -0.2) is 13.9 Å². The standard InChI is InChI=1S/C28H36N4O5S.CH3NO2/c1-36-22-7-9-23(10-8-22)38(34,35)31-15-11-25-24-5-2-3-6-26(24)32(27(25)21-31)16-12-28(33)29-13-4-14-30-17-19-37-20-18-30;3-1-2-4/h2-3,5-10H,4,11-21H2,1H3,(H,29,33);1,4H,(H,2,3). The summed E-state index contributed by atoms with van der Waals surface area (Å²) in [5.74, 6) is 0.626. The summed E-state index contributed by atoms with van der Waals surface area (Å²) >= 11 is 0. The summed E-state index contributed by atoms with van der Waals surface area (Å²) in [7, 11) is -2.11. The monoisotopic (exact) mass is 601 g/mol. The van der Waals surface area contributed by atoms with Crippen LogP contribution in [-0.4, -0.2) is 92.8 Å². The summed E-state index contributed by atoms with van der Waals surface area (Å²) in [6, 6.07) is 14.6. The predicted molar refractivity (Wildman–Crippen MR) is 157 cm³/mol. The molecule has 0 unspecified atom stereocenters. The van der Waals surface area contributed by atoms with Crippen molar-refractivity contribution in [3.63, 3.8) is 0 Å². The molecule has 1 aromatic heterocycles. The van der Waals surface area contributed by atoms with Gasteiger partial charge in [0.2, 0.25) is 22.3 Å². The molecule has 0 radical (unpaired) electrons. The maximum atomic E-state index is 13.5. The smallest absolute Gasteiger partial charge is 0.243 e. The van der Waals surface area contributed by atoms with Crippen LogP contribution in [0.25, 0.3) is 10.9 Å². The van der Waals surface area contributed by atoms with Crippen LogP contribution in [0.4, 0.5) is 0 Å². The average Bonchev–Trinajstić information content (AvgIpc) is 3.35. The van der Waals surface area contributed by atoms with Gasteiger partial charge in [-0.1, -0.05) is 18.2 Å².